The van der Waals surface area contributed by atoms with E-state index in [1.807, 2.05) is 6.92 Å². The minimum absolute atomic E-state index is 0.0951. The van der Waals surface area contributed by atoms with Crippen molar-refractivity contribution in [3.05, 3.63) is 45.3 Å². The van der Waals surface area contributed by atoms with E-state index >= 15 is 0 Å². The molecule has 11 heteroatoms. The molecular formula is C21H27ClN4O4S2. The van der Waals surface area contributed by atoms with Gasteiger partial charge in [0.25, 0.3) is 5.56 Å². The van der Waals surface area contributed by atoms with E-state index < -0.39 is 15.3 Å². The molecule has 1 aliphatic rings. The number of anilines is 1. The molecule has 1 fully saturated rings. The summed E-state index contributed by atoms with van der Waals surface area (Å²) >= 11 is 7.34. The van der Waals surface area contributed by atoms with Gasteiger partial charge in [0.05, 0.1) is 20.9 Å². The molecule has 0 bridgehead atoms. The lowest BCUT2D eigenvalue weighted by molar-refractivity contribution is -0.115. The number of carbonyl (C=O) groups is 1. The summed E-state index contributed by atoms with van der Waals surface area (Å²) in [6.45, 7) is 4.65. The summed E-state index contributed by atoms with van der Waals surface area (Å²) in [6.07, 6.45) is 4.21. The predicted octanol–water partition coefficient (Wildman–Crippen LogP) is 3.67. The SMILES string of the molecule is CCCc1cc(=O)[nH]c(S[C@@H](C)C(=O)Nc2cc(S(=O)(=O)N3CCCCC3)ccc2Cl)n1. The molecule has 174 valence electrons. The maximum Gasteiger partial charge on any atom is 0.251 e. The van der Waals surface area contributed by atoms with Gasteiger partial charge in [-0.1, -0.05) is 43.1 Å². The average Bonchev–Trinajstić information content (AvgIpc) is 2.75. The van der Waals surface area contributed by atoms with Gasteiger partial charge in [0.2, 0.25) is 15.9 Å². The van der Waals surface area contributed by atoms with Crippen molar-refractivity contribution in [1.29, 1.82) is 0 Å². The maximum atomic E-state index is 13.0. The Morgan fingerprint density at radius 3 is 2.69 bits per heavy atom. The molecule has 1 saturated heterocycles. The van der Waals surface area contributed by atoms with E-state index in [9.17, 15) is 18.0 Å². The molecule has 1 aromatic carbocycles. The fourth-order valence-corrected chi connectivity index (χ4v) is 5.93. The molecule has 32 heavy (non-hydrogen) atoms. The average molecular weight is 499 g/mol. The number of aromatic nitrogens is 2. The molecule has 1 amide bonds. The highest BCUT2D eigenvalue weighted by Gasteiger charge is 2.27. The molecule has 1 aliphatic heterocycles. The zero-order valence-electron chi connectivity index (χ0n) is 18.1. The van der Waals surface area contributed by atoms with E-state index in [0.29, 0.717) is 30.4 Å². The van der Waals surface area contributed by atoms with E-state index in [4.69, 9.17) is 11.6 Å². The van der Waals surface area contributed by atoms with Crippen LogP contribution in [0.5, 0.6) is 0 Å². The number of piperidine rings is 1. The highest BCUT2D eigenvalue weighted by atomic mass is 35.5. The second-order valence-corrected chi connectivity index (χ2v) is 11.3. The summed E-state index contributed by atoms with van der Waals surface area (Å²) in [5, 5.41) is 2.70. The van der Waals surface area contributed by atoms with E-state index in [1.54, 1.807) is 6.92 Å². The lowest BCUT2D eigenvalue weighted by atomic mass is 10.2. The topological polar surface area (TPSA) is 112 Å². The molecule has 8 nitrogen and oxygen atoms in total. The molecule has 1 aromatic heterocycles. The molecule has 0 saturated carbocycles. The van der Waals surface area contributed by atoms with Gasteiger partial charge in [-0.05, 0) is 44.4 Å². The third-order valence-electron chi connectivity index (χ3n) is 5.09. The van der Waals surface area contributed by atoms with Gasteiger partial charge in [-0.15, -0.1) is 0 Å². The number of sulfonamides is 1. The largest absolute Gasteiger partial charge is 0.324 e. The lowest BCUT2D eigenvalue weighted by Gasteiger charge is -2.26. The molecular weight excluding hydrogens is 472 g/mol. The minimum Gasteiger partial charge on any atom is -0.324 e. The van der Waals surface area contributed by atoms with Crippen molar-refractivity contribution in [1.82, 2.24) is 14.3 Å². The maximum absolute atomic E-state index is 13.0. The summed E-state index contributed by atoms with van der Waals surface area (Å²) in [7, 11) is -3.65. The van der Waals surface area contributed by atoms with E-state index in [0.717, 1.165) is 37.4 Å². The number of hydrogen-bond acceptors (Lipinski definition) is 6. The smallest absolute Gasteiger partial charge is 0.251 e. The zero-order chi connectivity index (χ0) is 23.3. The van der Waals surface area contributed by atoms with Gasteiger partial charge < -0.3 is 10.3 Å². The minimum atomic E-state index is -3.65. The first-order valence-electron chi connectivity index (χ1n) is 10.6. The van der Waals surface area contributed by atoms with Crippen LogP contribution in [0.3, 0.4) is 0 Å². The number of thioether (sulfide) groups is 1. The van der Waals surface area contributed by atoms with Crippen LogP contribution >= 0.6 is 23.4 Å². The first-order valence-corrected chi connectivity index (χ1v) is 13.3. The van der Waals surface area contributed by atoms with Crippen molar-refractivity contribution in [3.63, 3.8) is 0 Å². The Hall–Kier alpha value is -1.88. The fraction of sp³-hybridized carbons (Fsp3) is 0.476. The Kier molecular flexibility index (Phi) is 8.37. The lowest BCUT2D eigenvalue weighted by Crippen LogP contribution is -2.35. The van der Waals surface area contributed by atoms with Crippen LogP contribution in [0, 0.1) is 0 Å². The summed E-state index contributed by atoms with van der Waals surface area (Å²) in [6, 6.07) is 5.77. The number of aryl methyl sites for hydroxylation is 1. The first kappa shape index (κ1) is 24.8. The van der Waals surface area contributed by atoms with Gasteiger partial charge in [0.1, 0.15) is 0 Å². The van der Waals surface area contributed by atoms with Gasteiger partial charge >= 0.3 is 0 Å². The van der Waals surface area contributed by atoms with Crippen molar-refractivity contribution < 1.29 is 13.2 Å². The molecule has 0 unspecified atom stereocenters. The summed E-state index contributed by atoms with van der Waals surface area (Å²) in [5.41, 5.74) is 0.630. The number of amides is 1. The number of H-pyrrole nitrogens is 1. The molecule has 0 aliphatic carbocycles. The Morgan fingerprint density at radius 2 is 2.00 bits per heavy atom. The number of halogens is 1. The number of carbonyl (C=O) groups excluding carboxylic acids is 1. The van der Waals surface area contributed by atoms with Crippen molar-refractivity contribution in [2.45, 2.75) is 61.3 Å². The third kappa shape index (κ3) is 6.12. The van der Waals surface area contributed by atoms with Crippen molar-refractivity contribution in [2.75, 3.05) is 18.4 Å². The van der Waals surface area contributed by atoms with Crippen molar-refractivity contribution in [3.8, 4) is 0 Å². The second kappa shape index (κ2) is 10.8. The van der Waals surface area contributed by atoms with E-state index in [-0.39, 0.29) is 27.1 Å². The molecule has 2 aromatic rings. The van der Waals surface area contributed by atoms with Crippen LogP contribution in [0.4, 0.5) is 5.69 Å². The van der Waals surface area contributed by atoms with Gasteiger partial charge in [-0.2, -0.15) is 4.31 Å². The monoisotopic (exact) mass is 498 g/mol. The van der Waals surface area contributed by atoms with Gasteiger partial charge in [-0.25, -0.2) is 13.4 Å². The van der Waals surface area contributed by atoms with Gasteiger partial charge in [0.15, 0.2) is 5.16 Å². The Morgan fingerprint density at radius 1 is 1.28 bits per heavy atom. The Labute approximate surface area is 197 Å². The molecule has 3 rings (SSSR count). The number of aromatic amines is 1. The highest BCUT2D eigenvalue weighted by molar-refractivity contribution is 8.00. The van der Waals surface area contributed by atoms with Crippen LogP contribution < -0.4 is 10.9 Å². The summed E-state index contributed by atoms with van der Waals surface area (Å²) < 4.78 is 27.4. The van der Waals surface area contributed by atoms with Crippen LogP contribution in [-0.2, 0) is 21.2 Å². The van der Waals surface area contributed by atoms with Gasteiger partial charge in [0, 0.05) is 24.8 Å². The Bertz CT molecular complexity index is 1130. The quantitative estimate of drug-likeness (QED) is 0.424. The number of hydrogen-bond donors (Lipinski definition) is 2. The molecule has 2 heterocycles. The van der Waals surface area contributed by atoms with Crippen LogP contribution in [0.15, 0.2) is 39.1 Å². The van der Waals surface area contributed by atoms with Crippen LogP contribution in [0.25, 0.3) is 0 Å². The zero-order valence-corrected chi connectivity index (χ0v) is 20.4. The van der Waals surface area contributed by atoms with Gasteiger partial charge in [-0.3, -0.25) is 9.59 Å². The number of benzene rings is 1. The number of nitrogens with zero attached hydrogens (tertiary/aromatic N) is 2. The second-order valence-electron chi connectivity index (χ2n) is 7.65. The van der Waals surface area contributed by atoms with Crippen LogP contribution in [0.2, 0.25) is 5.02 Å². The molecule has 0 radical (unpaired) electrons. The summed E-state index contributed by atoms with van der Waals surface area (Å²) in [5.74, 6) is -0.382. The molecule has 0 spiro atoms. The highest BCUT2D eigenvalue weighted by Crippen LogP contribution is 2.29. The summed E-state index contributed by atoms with van der Waals surface area (Å²) in [4.78, 5) is 31.7. The Balaban J connectivity index is 1.74. The molecule has 1 atom stereocenters. The van der Waals surface area contributed by atoms with Crippen LogP contribution in [0.1, 0.15) is 45.2 Å². The fourth-order valence-electron chi connectivity index (χ4n) is 3.39. The van der Waals surface area contributed by atoms with E-state index in [1.165, 1.54) is 28.6 Å². The first-order chi connectivity index (χ1) is 15.2. The standard InChI is InChI=1S/C21H27ClN4O4S2/c1-3-7-15-12-19(27)25-21(23-15)31-14(2)20(28)24-18-13-16(8-9-17(18)22)32(29,30)26-10-5-4-6-11-26/h8-9,12-14H,3-7,10-11H2,1-2H3,(H,24,28)(H,23,25,27)/t14-/m0/s1. The van der Waals surface area contributed by atoms with Crippen molar-refractivity contribution >= 4 is 45.0 Å². The molecule has 2 N–H and O–H groups in total. The third-order valence-corrected chi connectivity index (χ3v) is 8.29. The normalized spacial score (nSPS) is 16.0. The number of rotatable bonds is 8. The van der Waals surface area contributed by atoms with Crippen LogP contribution in [-0.4, -0.2) is 46.9 Å². The van der Waals surface area contributed by atoms with Crippen molar-refractivity contribution in [2.24, 2.45) is 0 Å². The number of nitrogens with one attached hydrogen (secondary N) is 2. The van der Waals surface area contributed by atoms with E-state index in [2.05, 4.69) is 15.3 Å². The predicted molar refractivity (Wildman–Crippen MR) is 127 cm³/mol.